The summed E-state index contributed by atoms with van der Waals surface area (Å²) in [7, 11) is 0. The van der Waals surface area contributed by atoms with Gasteiger partial charge in [0.1, 0.15) is 0 Å². The molecule has 0 radical (unpaired) electrons. The van der Waals surface area contributed by atoms with Gasteiger partial charge < -0.3 is 0 Å². The summed E-state index contributed by atoms with van der Waals surface area (Å²) >= 11 is -5.38. The molecule has 0 saturated heterocycles. The predicted octanol–water partition coefficient (Wildman–Crippen LogP) is 6.26. The summed E-state index contributed by atoms with van der Waals surface area (Å²) in [6.45, 7) is 0. The molecule has 0 fully saturated rings. The molecule has 2 aliphatic rings. The molecule has 1 unspecified atom stereocenters. The molecule has 0 heterocycles. The van der Waals surface area contributed by atoms with Crippen molar-refractivity contribution in [3.8, 4) is 0 Å². The fourth-order valence-corrected chi connectivity index (χ4v) is 11.6. The maximum atomic E-state index is 13.5. The van der Waals surface area contributed by atoms with E-state index in [9.17, 15) is 9.59 Å². The Bertz CT molecular complexity index is 1360. The zero-order valence-corrected chi connectivity index (χ0v) is 20.2. The van der Waals surface area contributed by atoms with Gasteiger partial charge in [-0.1, -0.05) is 0 Å². The van der Waals surface area contributed by atoms with Crippen LogP contribution in [0.3, 0.4) is 0 Å². The van der Waals surface area contributed by atoms with Crippen molar-refractivity contribution in [1.29, 1.82) is 0 Å². The summed E-state index contributed by atoms with van der Waals surface area (Å²) in [6, 6.07) is 25.4. The molecule has 0 bridgehead atoms. The van der Waals surface area contributed by atoms with E-state index in [0.29, 0.717) is 17.5 Å². The number of carbonyl (C=O) groups is 2. The van der Waals surface area contributed by atoms with E-state index in [1.54, 1.807) is 48.5 Å². The molecule has 168 valence electrons. The van der Waals surface area contributed by atoms with Gasteiger partial charge in [0.05, 0.1) is 0 Å². The SMILES string of the molecule is [CH2]=[Ti]([O]C(=O)c1ccccc1)([O]C(=O)c1ccccc1)([C]1=CC=CC1)[CH]1C=Cc2ccccc21. The van der Waals surface area contributed by atoms with Crippen LogP contribution in [0.4, 0.5) is 0 Å². The van der Waals surface area contributed by atoms with Crippen LogP contribution in [0, 0.1) is 0 Å². The third kappa shape index (κ3) is 3.75. The normalized spacial score (nSPS) is 16.6. The van der Waals surface area contributed by atoms with Gasteiger partial charge in [-0.15, -0.1) is 0 Å². The fraction of sp³-hybridized carbons (Fsp3) is 0.0690. The Kier molecular flexibility index (Phi) is 5.64. The average molecular weight is 484 g/mol. The van der Waals surface area contributed by atoms with Crippen molar-refractivity contribution < 1.29 is 31.8 Å². The Morgan fingerprint density at radius 3 is 1.91 bits per heavy atom. The molecule has 34 heavy (non-hydrogen) atoms. The van der Waals surface area contributed by atoms with Crippen molar-refractivity contribution in [3.05, 3.63) is 135 Å². The average Bonchev–Trinajstić information content (AvgIpc) is 3.57. The van der Waals surface area contributed by atoms with Crippen LogP contribution < -0.4 is 0 Å². The zero-order chi connectivity index (χ0) is 23.6. The summed E-state index contributed by atoms with van der Waals surface area (Å²) in [5.41, 5.74) is 2.73. The summed E-state index contributed by atoms with van der Waals surface area (Å²) in [5.74, 6) is -1.09. The minimum atomic E-state index is -5.38. The van der Waals surface area contributed by atoms with Gasteiger partial charge in [0, 0.05) is 0 Å². The van der Waals surface area contributed by atoms with Gasteiger partial charge in [-0.25, -0.2) is 0 Å². The van der Waals surface area contributed by atoms with Crippen LogP contribution in [-0.2, 0) is 22.3 Å². The number of allylic oxidation sites excluding steroid dienone is 5. The number of fused-ring (bicyclic) bond motifs is 1. The molecule has 5 heteroatoms. The Morgan fingerprint density at radius 1 is 0.794 bits per heavy atom. The molecule has 4 nitrogen and oxygen atoms in total. The molecule has 0 amide bonds. The fourth-order valence-electron chi connectivity index (χ4n) is 4.75. The van der Waals surface area contributed by atoms with E-state index in [1.165, 1.54) is 0 Å². The van der Waals surface area contributed by atoms with Crippen molar-refractivity contribution in [2.45, 2.75) is 10.6 Å². The van der Waals surface area contributed by atoms with E-state index in [1.807, 2.05) is 66.8 Å². The summed E-state index contributed by atoms with van der Waals surface area (Å²) in [4.78, 5) is 31.7. The quantitative estimate of drug-likeness (QED) is 0.388. The number of rotatable bonds is 6. The maximum absolute atomic E-state index is 13.5. The van der Waals surface area contributed by atoms with E-state index in [4.69, 9.17) is 6.64 Å². The van der Waals surface area contributed by atoms with E-state index in [0.717, 1.165) is 15.0 Å². The first kappa shape index (κ1) is 22.2. The Morgan fingerprint density at radius 2 is 1.35 bits per heavy atom. The topological polar surface area (TPSA) is 52.6 Å². The second-order valence-corrected chi connectivity index (χ2v) is 15.4. The number of hydrogen-bond donors (Lipinski definition) is 0. The molecule has 1 atom stereocenters. The van der Waals surface area contributed by atoms with E-state index in [-0.39, 0.29) is 0 Å². The molecule has 0 aliphatic heterocycles. The zero-order valence-electron chi connectivity index (χ0n) is 18.6. The van der Waals surface area contributed by atoms with E-state index in [2.05, 4.69) is 4.82 Å². The monoisotopic (exact) mass is 484 g/mol. The number of benzene rings is 3. The molecule has 2 aliphatic carbocycles. The van der Waals surface area contributed by atoms with Gasteiger partial charge in [0.2, 0.25) is 0 Å². The van der Waals surface area contributed by atoms with E-state index < -0.39 is 31.8 Å². The second-order valence-electron chi connectivity index (χ2n) is 8.64. The van der Waals surface area contributed by atoms with E-state index >= 15 is 0 Å². The van der Waals surface area contributed by atoms with Crippen molar-refractivity contribution in [3.63, 3.8) is 0 Å². The third-order valence-electron chi connectivity index (χ3n) is 6.53. The van der Waals surface area contributed by atoms with Gasteiger partial charge in [-0.05, 0) is 0 Å². The number of hydrogen-bond acceptors (Lipinski definition) is 4. The Balaban J connectivity index is 1.70. The first-order valence-corrected chi connectivity index (χ1v) is 15.3. The van der Waals surface area contributed by atoms with Crippen molar-refractivity contribution in [2.75, 3.05) is 0 Å². The van der Waals surface area contributed by atoms with Crippen molar-refractivity contribution >= 4 is 22.8 Å². The Labute approximate surface area is 200 Å². The van der Waals surface area contributed by atoms with Crippen LogP contribution in [0.1, 0.15) is 42.5 Å². The molecule has 0 N–H and O–H groups in total. The van der Waals surface area contributed by atoms with Crippen LogP contribution in [0.25, 0.3) is 6.08 Å². The van der Waals surface area contributed by atoms with Crippen LogP contribution in [-0.4, -0.2) is 16.8 Å². The van der Waals surface area contributed by atoms with Crippen LogP contribution >= 0.6 is 0 Å². The van der Waals surface area contributed by atoms with Crippen LogP contribution in [0.5, 0.6) is 0 Å². The summed E-state index contributed by atoms with van der Waals surface area (Å²) in [6.07, 6.45) is 10.3. The van der Waals surface area contributed by atoms with Crippen molar-refractivity contribution in [2.24, 2.45) is 0 Å². The molecule has 5 rings (SSSR count). The predicted molar refractivity (Wildman–Crippen MR) is 131 cm³/mol. The third-order valence-corrected chi connectivity index (χ3v) is 13.9. The van der Waals surface area contributed by atoms with Crippen molar-refractivity contribution in [1.82, 2.24) is 0 Å². The van der Waals surface area contributed by atoms with Gasteiger partial charge >= 0.3 is 201 Å². The first-order valence-electron chi connectivity index (χ1n) is 11.2. The Hall–Kier alpha value is -3.60. The first-order chi connectivity index (χ1) is 16.5. The summed E-state index contributed by atoms with van der Waals surface area (Å²) < 4.78 is 13.3. The molecule has 0 aromatic heterocycles. The van der Waals surface area contributed by atoms with Gasteiger partial charge in [-0.2, -0.15) is 0 Å². The molecular weight excluding hydrogens is 460 g/mol. The summed E-state index contributed by atoms with van der Waals surface area (Å²) in [5, 5.41) is 0. The molecular formula is C29H24O4Ti. The molecule has 3 aromatic carbocycles. The number of carbonyl (C=O) groups excluding carboxylic acids is 2. The van der Waals surface area contributed by atoms with Gasteiger partial charge in [0.15, 0.2) is 0 Å². The van der Waals surface area contributed by atoms with Crippen LogP contribution in [0.15, 0.2) is 113 Å². The van der Waals surface area contributed by atoms with Gasteiger partial charge in [-0.3, -0.25) is 0 Å². The van der Waals surface area contributed by atoms with Gasteiger partial charge in [0.25, 0.3) is 0 Å². The standard InChI is InChI=1S/C9H7.2C7H6O2.C5H5.CH2.Ti/c1-2-5-9-7-3-6-8(9)4-1;2*8-7(9)6-4-2-1-3-5-6;1-2-4-5-3-1;;/h1-7H;2*1-5H,(H,8,9);1-3H,4H2;1H2;/q;;;;;+2/p-2. The molecule has 3 aromatic rings. The van der Waals surface area contributed by atoms with Crippen LogP contribution in [0.2, 0.25) is 0 Å². The minimum absolute atomic E-state index is 0.388. The molecule has 0 spiro atoms. The second kappa shape index (κ2) is 8.64. The molecule has 0 saturated carbocycles.